The Morgan fingerprint density at radius 1 is 1.25 bits per heavy atom. The number of carbonyl (C=O) groups excluding carboxylic acids is 1. The van der Waals surface area contributed by atoms with Crippen molar-refractivity contribution in [2.75, 3.05) is 11.3 Å². The van der Waals surface area contributed by atoms with Gasteiger partial charge in [-0.1, -0.05) is 6.07 Å². The Morgan fingerprint density at radius 2 is 2.11 bits per heavy atom. The van der Waals surface area contributed by atoms with Crippen LogP contribution in [0.3, 0.4) is 0 Å². The van der Waals surface area contributed by atoms with Crippen molar-refractivity contribution in [2.24, 2.45) is 0 Å². The molecule has 3 heterocycles. The van der Waals surface area contributed by atoms with Crippen LogP contribution in [0.15, 0.2) is 53.0 Å². The SMILES string of the molecule is Cc1nc(C(=O)N2CCc3ccc(S(=O)(=O)Nc4cccnc4)cc3C2)cs1. The van der Waals surface area contributed by atoms with Crippen LogP contribution in [0.1, 0.15) is 26.6 Å². The number of hydrogen-bond acceptors (Lipinski definition) is 6. The summed E-state index contributed by atoms with van der Waals surface area (Å²) in [4.78, 5) is 22.7. The number of aromatic nitrogens is 2. The molecule has 7 nitrogen and oxygen atoms in total. The first kappa shape index (κ1) is 18.6. The number of carbonyl (C=O) groups is 1. The maximum atomic E-state index is 12.7. The smallest absolute Gasteiger partial charge is 0.273 e. The van der Waals surface area contributed by atoms with Crippen molar-refractivity contribution in [1.29, 1.82) is 0 Å². The number of benzene rings is 1. The molecule has 2 aromatic heterocycles. The summed E-state index contributed by atoms with van der Waals surface area (Å²) in [6, 6.07) is 8.36. The van der Waals surface area contributed by atoms with Gasteiger partial charge in [0.2, 0.25) is 0 Å². The van der Waals surface area contributed by atoms with Crippen LogP contribution in [-0.2, 0) is 23.0 Å². The number of hydrogen-bond donors (Lipinski definition) is 1. The van der Waals surface area contributed by atoms with E-state index in [1.807, 2.05) is 13.0 Å². The van der Waals surface area contributed by atoms with Gasteiger partial charge >= 0.3 is 0 Å². The Balaban J connectivity index is 1.57. The minimum Gasteiger partial charge on any atom is -0.333 e. The minimum absolute atomic E-state index is 0.128. The van der Waals surface area contributed by atoms with Crippen molar-refractivity contribution in [2.45, 2.75) is 24.8 Å². The summed E-state index contributed by atoms with van der Waals surface area (Å²) in [5.74, 6) is -0.128. The maximum Gasteiger partial charge on any atom is 0.273 e. The highest BCUT2D eigenvalue weighted by molar-refractivity contribution is 7.92. The molecule has 0 saturated heterocycles. The summed E-state index contributed by atoms with van der Waals surface area (Å²) in [7, 11) is -3.74. The fourth-order valence-electron chi connectivity index (χ4n) is 3.13. The van der Waals surface area contributed by atoms with Crippen LogP contribution in [0.25, 0.3) is 0 Å². The van der Waals surface area contributed by atoms with E-state index in [9.17, 15) is 13.2 Å². The van der Waals surface area contributed by atoms with E-state index in [-0.39, 0.29) is 10.8 Å². The normalized spacial score (nSPS) is 13.8. The number of rotatable bonds is 4. The van der Waals surface area contributed by atoms with Gasteiger partial charge < -0.3 is 4.90 Å². The summed E-state index contributed by atoms with van der Waals surface area (Å²) in [5, 5.41) is 2.60. The van der Waals surface area contributed by atoms with Gasteiger partial charge in [-0.3, -0.25) is 14.5 Å². The van der Waals surface area contributed by atoms with E-state index < -0.39 is 10.0 Å². The Kier molecular flexibility index (Phi) is 4.86. The number of amides is 1. The Labute approximate surface area is 167 Å². The fraction of sp³-hybridized carbons (Fsp3) is 0.211. The average Bonchev–Trinajstić information content (AvgIpc) is 3.13. The van der Waals surface area contributed by atoms with Crippen molar-refractivity contribution in [3.63, 3.8) is 0 Å². The van der Waals surface area contributed by atoms with Crippen LogP contribution in [-0.4, -0.2) is 35.7 Å². The molecule has 0 bridgehead atoms. The van der Waals surface area contributed by atoms with Crippen molar-refractivity contribution in [3.05, 3.63) is 69.9 Å². The van der Waals surface area contributed by atoms with Crippen molar-refractivity contribution >= 4 is 33.0 Å². The zero-order valence-electron chi connectivity index (χ0n) is 15.1. The van der Waals surface area contributed by atoms with Crippen molar-refractivity contribution in [1.82, 2.24) is 14.9 Å². The van der Waals surface area contributed by atoms with Gasteiger partial charge in [-0.25, -0.2) is 13.4 Å². The molecule has 1 aliphatic heterocycles. The largest absolute Gasteiger partial charge is 0.333 e. The van der Waals surface area contributed by atoms with E-state index in [2.05, 4.69) is 14.7 Å². The van der Waals surface area contributed by atoms with E-state index in [0.717, 1.165) is 16.1 Å². The highest BCUT2D eigenvalue weighted by Crippen LogP contribution is 2.25. The van der Waals surface area contributed by atoms with Gasteiger partial charge in [0.05, 0.1) is 21.8 Å². The van der Waals surface area contributed by atoms with Gasteiger partial charge in [0.1, 0.15) is 5.69 Å². The van der Waals surface area contributed by atoms with Crippen LogP contribution >= 0.6 is 11.3 Å². The zero-order chi connectivity index (χ0) is 19.7. The summed E-state index contributed by atoms with van der Waals surface area (Å²) < 4.78 is 27.9. The molecule has 1 N–H and O–H groups in total. The first-order chi connectivity index (χ1) is 13.4. The molecule has 0 saturated carbocycles. The van der Waals surface area contributed by atoms with Gasteiger partial charge in [0, 0.05) is 24.7 Å². The number of sulfonamides is 1. The first-order valence-electron chi connectivity index (χ1n) is 8.68. The first-order valence-corrected chi connectivity index (χ1v) is 11.0. The lowest BCUT2D eigenvalue weighted by molar-refractivity contribution is 0.0729. The molecular formula is C19H18N4O3S2. The van der Waals surface area contributed by atoms with Gasteiger partial charge in [0.15, 0.2) is 0 Å². The average molecular weight is 415 g/mol. The molecule has 4 rings (SSSR count). The standard InChI is InChI=1S/C19H18N4O3S2/c1-13-21-18(12-27-13)19(24)23-8-6-14-4-5-17(9-15(14)11-23)28(25,26)22-16-3-2-7-20-10-16/h2-5,7,9-10,12,22H,6,8,11H2,1H3. The summed E-state index contributed by atoms with van der Waals surface area (Å²) in [6.45, 7) is 2.81. The fourth-order valence-corrected chi connectivity index (χ4v) is 4.82. The highest BCUT2D eigenvalue weighted by atomic mass is 32.2. The maximum absolute atomic E-state index is 12.7. The zero-order valence-corrected chi connectivity index (χ0v) is 16.8. The summed E-state index contributed by atoms with van der Waals surface area (Å²) in [6.07, 6.45) is 3.71. The van der Waals surface area contributed by atoms with Gasteiger partial charge in [-0.05, 0) is 48.7 Å². The number of anilines is 1. The lowest BCUT2D eigenvalue weighted by Gasteiger charge is -2.28. The van der Waals surface area contributed by atoms with Crippen LogP contribution in [0, 0.1) is 6.92 Å². The van der Waals surface area contributed by atoms with Crippen molar-refractivity contribution in [3.8, 4) is 0 Å². The van der Waals surface area contributed by atoms with Crippen LogP contribution < -0.4 is 4.72 Å². The molecule has 0 aliphatic carbocycles. The van der Waals surface area contributed by atoms with E-state index in [0.29, 0.717) is 30.9 Å². The molecule has 1 aliphatic rings. The second kappa shape index (κ2) is 7.33. The Morgan fingerprint density at radius 3 is 2.82 bits per heavy atom. The molecule has 0 fully saturated rings. The van der Waals surface area contributed by atoms with Gasteiger partial charge in [0.25, 0.3) is 15.9 Å². The third-order valence-electron chi connectivity index (χ3n) is 4.54. The molecule has 9 heteroatoms. The number of fused-ring (bicyclic) bond motifs is 1. The predicted octanol–water partition coefficient (Wildman–Crippen LogP) is 2.85. The van der Waals surface area contributed by atoms with Gasteiger partial charge in [-0.2, -0.15) is 0 Å². The molecule has 1 amide bonds. The lowest BCUT2D eigenvalue weighted by Crippen LogP contribution is -2.36. The third-order valence-corrected chi connectivity index (χ3v) is 6.69. The van der Waals surface area contributed by atoms with Crippen LogP contribution in [0.5, 0.6) is 0 Å². The minimum atomic E-state index is -3.74. The van der Waals surface area contributed by atoms with Crippen LogP contribution in [0.2, 0.25) is 0 Å². The lowest BCUT2D eigenvalue weighted by atomic mass is 10.00. The summed E-state index contributed by atoms with van der Waals surface area (Å²) in [5.41, 5.74) is 2.73. The van der Waals surface area contributed by atoms with Crippen LogP contribution in [0.4, 0.5) is 5.69 Å². The molecule has 1 aromatic carbocycles. The molecule has 0 radical (unpaired) electrons. The predicted molar refractivity (Wildman–Crippen MR) is 107 cm³/mol. The quantitative estimate of drug-likeness (QED) is 0.709. The van der Waals surface area contributed by atoms with E-state index in [1.54, 1.807) is 40.7 Å². The Bertz CT molecular complexity index is 1130. The van der Waals surface area contributed by atoms with Gasteiger partial charge in [-0.15, -0.1) is 11.3 Å². The monoisotopic (exact) mass is 414 g/mol. The number of pyridine rings is 1. The third kappa shape index (κ3) is 3.76. The molecule has 0 spiro atoms. The Hall–Kier alpha value is -2.78. The van der Waals surface area contributed by atoms with E-state index in [1.165, 1.54) is 17.5 Å². The second-order valence-electron chi connectivity index (χ2n) is 6.51. The number of nitrogens with zero attached hydrogens (tertiary/aromatic N) is 3. The molecule has 144 valence electrons. The second-order valence-corrected chi connectivity index (χ2v) is 9.25. The topological polar surface area (TPSA) is 92.3 Å². The molecule has 0 unspecified atom stereocenters. The van der Waals surface area contributed by atoms with E-state index in [4.69, 9.17) is 0 Å². The van der Waals surface area contributed by atoms with Crippen molar-refractivity contribution < 1.29 is 13.2 Å². The summed E-state index contributed by atoms with van der Waals surface area (Å²) >= 11 is 1.44. The molecule has 28 heavy (non-hydrogen) atoms. The highest BCUT2D eigenvalue weighted by Gasteiger charge is 2.25. The number of aryl methyl sites for hydroxylation is 1. The van der Waals surface area contributed by atoms with E-state index >= 15 is 0 Å². The molecule has 3 aromatic rings. The number of thiazole rings is 1. The molecular weight excluding hydrogens is 396 g/mol. The number of nitrogens with one attached hydrogen (secondary N) is 1. The molecule has 0 atom stereocenters.